The highest BCUT2D eigenvalue weighted by molar-refractivity contribution is 8.00. The standard InChI is InChI=1S/C12H14FN3OS/c1-12(6-18-5-10(14)16-12)8-4-7(11(15)17)2-3-9(8)13/h2-4H,5-6H2,1H3,(H2,14,16)(H2,15,17)/t12-/m0/s1. The molecule has 0 bridgehead atoms. The molecule has 1 aromatic carbocycles. The molecule has 18 heavy (non-hydrogen) atoms. The van der Waals surface area contributed by atoms with Crippen molar-refractivity contribution in [1.29, 1.82) is 0 Å². The number of amides is 1. The van der Waals surface area contributed by atoms with E-state index in [9.17, 15) is 9.18 Å². The first-order valence-corrected chi connectivity index (χ1v) is 6.59. The van der Waals surface area contributed by atoms with Gasteiger partial charge in [0, 0.05) is 16.9 Å². The van der Waals surface area contributed by atoms with E-state index in [2.05, 4.69) is 4.99 Å². The minimum Gasteiger partial charge on any atom is -0.387 e. The Bertz CT molecular complexity index is 532. The summed E-state index contributed by atoms with van der Waals surface area (Å²) in [4.78, 5) is 15.5. The molecule has 0 saturated carbocycles. The SMILES string of the molecule is C[C@@]1(c2cc(C(N)=O)ccc2F)CSCC(N)=N1. The van der Waals surface area contributed by atoms with Gasteiger partial charge in [0.1, 0.15) is 11.7 Å². The summed E-state index contributed by atoms with van der Waals surface area (Å²) in [5.74, 6) is 0.763. The lowest BCUT2D eigenvalue weighted by molar-refractivity contribution is 0.1000. The average molecular weight is 267 g/mol. The molecule has 0 spiro atoms. The number of rotatable bonds is 2. The molecular formula is C12H14FN3OS. The maximum absolute atomic E-state index is 13.9. The lowest BCUT2D eigenvalue weighted by Crippen LogP contribution is -2.34. The Balaban J connectivity index is 2.52. The zero-order valence-electron chi connectivity index (χ0n) is 9.94. The van der Waals surface area contributed by atoms with E-state index in [1.165, 1.54) is 18.2 Å². The summed E-state index contributed by atoms with van der Waals surface area (Å²) < 4.78 is 13.9. The lowest BCUT2D eigenvalue weighted by Gasteiger charge is -2.30. The average Bonchev–Trinajstić information content (AvgIpc) is 2.28. The van der Waals surface area contributed by atoms with Gasteiger partial charge in [-0.3, -0.25) is 9.79 Å². The Kier molecular flexibility index (Phi) is 3.30. The van der Waals surface area contributed by atoms with Crippen molar-refractivity contribution in [2.45, 2.75) is 12.5 Å². The summed E-state index contributed by atoms with van der Waals surface area (Å²) in [7, 11) is 0. The van der Waals surface area contributed by atoms with E-state index in [0.29, 0.717) is 22.9 Å². The molecule has 0 unspecified atom stereocenters. The van der Waals surface area contributed by atoms with Gasteiger partial charge in [-0.15, -0.1) is 0 Å². The van der Waals surface area contributed by atoms with E-state index in [-0.39, 0.29) is 5.56 Å². The second-order valence-corrected chi connectivity index (χ2v) is 5.41. The van der Waals surface area contributed by atoms with Crippen LogP contribution in [0.25, 0.3) is 0 Å². The zero-order chi connectivity index (χ0) is 13.3. The van der Waals surface area contributed by atoms with E-state index in [0.717, 1.165) is 0 Å². The molecule has 0 aromatic heterocycles. The summed E-state index contributed by atoms with van der Waals surface area (Å²) in [5, 5.41) is 0. The maximum Gasteiger partial charge on any atom is 0.248 e. The maximum atomic E-state index is 13.9. The highest BCUT2D eigenvalue weighted by atomic mass is 32.2. The minimum atomic E-state index is -0.747. The Morgan fingerprint density at radius 2 is 2.28 bits per heavy atom. The molecule has 1 amide bonds. The van der Waals surface area contributed by atoms with Crippen molar-refractivity contribution in [2.75, 3.05) is 11.5 Å². The van der Waals surface area contributed by atoms with Crippen LogP contribution in [0.4, 0.5) is 4.39 Å². The third-order valence-corrected chi connectivity index (χ3v) is 4.12. The van der Waals surface area contributed by atoms with Crippen LogP contribution < -0.4 is 11.5 Å². The first kappa shape index (κ1) is 12.9. The Morgan fingerprint density at radius 3 is 2.89 bits per heavy atom. The van der Waals surface area contributed by atoms with Crippen LogP contribution in [0.3, 0.4) is 0 Å². The predicted molar refractivity (Wildman–Crippen MR) is 71.2 cm³/mol. The van der Waals surface area contributed by atoms with Crippen molar-refractivity contribution in [3.05, 3.63) is 35.1 Å². The number of hydrogen-bond donors (Lipinski definition) is 2. The van der Waals surface area contributed by atoms with Crippen LogP contribution in [0.1, 0.15) is 22.8 Å². The molecule has 0 aliphatic carbocycles. The lowest BCUT2D eigenvalue weighted by atomic mass is 9.92. The van der Waals surface area contributed by atoms with Gasteiger partial charge in [-0.1, -0.05) is 0 Å². The number of halogens is 1. The summed E-state index contributed by atoms with van der Waals surface area (Å²) in [5.41, 5.74) is 10.8. The number of hydrogen-bond acceptors (Lipinski definition) is 4. The molecule has 1 aliphatic rings. The first-order valence-electron chi connectivity index (χ1n) is 5.44. The van der Waals surface area contributed by atoms with Gasteiger partial charge in [0.15, 0.2) is 0 Å². The van der Waals surface area contributed by atoms with Crippen LogP contribution in [0.15, 0.2) is 23.2 Å². The molecular weight excluding hydrogens is 253 g/mol. The third kappa shape index (κ3) is 2.33. The highest BCUT2D eigenvalue weighted by Gasteiger charge is 2.32. The van der Waals surface area contributed by atoms with Crippen molar-refractivity contribution in [2.24, 2.45) is 16.5 Å². The molecule has 1 heterocycles. The van der Waals surface area contributed by atoms with Gasteiger partial charge in [-0.25, -0.2) is 4.39 Å². The van der Waals surface area contributed by atoms with E-state index in [1.54, 1.807) is 18.7 Å². The summed E-state index contributed by atoms with van der Waals surface area (Å²) in [6.07, 6.45) is 0. The number of amidine groups is 1. The fourth-order valence-electron chi connectivity index (χ4n) is 1.97. The topological polar surface area (TPSA) is 81.5 Å². The normalized spacial score (nSPS) is 23.6. The smallest absolute Gasteiger partial charge is 0.248 e. The molecule has 4 nitrogen and oxygen atoms in total. The number of nitrogens with zero attached hydrogens (tertiary/aromatic N) is 1. The van der Waals surface area contributed by atoms with Gasteiger partial charge in [0.25, 0.3) is 0 Å². The summed E-state index contributed by atoms with van der Waals surface area (Å²) >= 11 is 1.59. The van der Waals surface area contributed by atoms with E-state index < -0.39 is 17.3 Å². The van der Waals surface area contributed by atoms with Gasteiger partial charge >= 0.3 is 0 Å². The van der Waals surface area contributed by atoms with Crippen molar-refractivity contribution >= 4 is 23.5 Å². The Morgan fingerprint density at radius 1 is 1.56 bits per heavy atom. The van der Waals surface area contributed by atoms with Gasteiger partial charge < -0.3 is 11.5 Å². The van der Waals surface area contributed by atoms with Crippen LogP contribution in [0.5, 0.6) is 0 Å². The number of thioether (sulfide) groups is 1. The number of carbonyl (C=O) groups excluding carboxylic acids is 1. The fourth-order valence-corrected chi connectivity index (χ4v) is 2.96. The molecule has 2 rings (SSSR count). The molecule has 1 atom stereocenters. The summed E-state index contributed by atoms with van der Waals surface area (Å²) in [6, 6.07) is 4.07. The van der Waals surface area contributed by atoms with Crippen molar-refractivity contribution in [3.8, 4) is 0 Å². The van der Waals surface area contributed by atoms with Gasteiger partial charge in [-0.2, -0.15) is 11.8 Å². The second kappa shape index (κ2) is 4.61. The van der Waals surface area contributed by atoms with Crippen molar-refractivity contribution in [1.82, 2.24) is 0 Å². The van der Waals surface area contributed by atoms with Gasteiger partial charge in [-0.05, 0) is 25.1 Å². The molecule has 6 heteroatoms. The molecule has 96 valence electrons. The molecule has 1 aliphatic heterocycles. The molecule has 0 saturated heterocycles. The van der Waals surface area contributed by atoms with Crippen LogP contribution in [-0.4, -0.2) is 23.2 Å². The number of benzene rings is 1. The Labute approximate surface area is 109 Å². The van der Waals surface area contributed by atoms with Crippen molar-refractivity contribution in [3.63, 3.8) is 0 Å². The molecule has 1 aromatic rings. The number of primary amides is 1. The molecule has 4 N–H and O–H groups in total. The van der Waals surface area contributed by atoms with Gasteiger partial charge in [0.2, 0.25) is 5.91 Å². The van der Waals surface area contributed by atoms with Crippen molar-refractivity contribution < 1.29 is 9.18 Å². The predicted octanol–water partition coefficient (Wildman–Crippen LogP) is 1.24. The second-order valence-electron chi connectivity index (χ2n) is 4.43. The highest BCUT2D eigenvalue weighted by Crippen LogP contribution is 2.34. The monoisotopic (exact) mass is 267 g/mol. The quantitative estimate of drug-likeness (QED) is 0.846. The molecule has 0 fully saturated rings. The van der Waals surface area contributed by atoms with E-state index in [4.69, 9.17) is 11.5 Å². The van der Waals surface area contributed by atoms with Crippen LogP contribution in [-0.2, 0) is 5.54 Å². The summed E-state index contributed by atoms with van der Waals surface area (Å²) in [6.45, 7) is 1.80. The minimum absolute atomic E-state index is 0.275. The van der Waals surface area contributed by atoms with E-state index >= 15 is 0 Å². The third-order valence-electron chi connectivity index (χ3n) is 2.85. The zero-order valence-corrected chi connectivity index (χ0v) is 10.8. The van der Waals surface area contributed by atoms with E-state index in [1.807, 2.05) is 0 Å². The largest absolute Gasteiger partial charge is 0.387 e. The van der Waals surface area contributed by atoms with Crippen LogP contribution in [0.2, 0.25) is 0 Å². The van der Waals surface area contributed by atoms with Gasteiger partial charge in [0.05, 0.1) is 11.3 Å². The number of nitrogens with two attached hydrogens (primary N) is 2. The van der Waals surface area contributed by atoms with Crippen LogP contribution in [0, 0.1) is 5.82 Å². The molecule has 0 radical (unpaired) electrons. The Hall–Kier alpha value is -1.56. The number of carbonyl (C=O) groups is 1. The first-order chi connectivity index (χ1) is 8.42. The number of aliphatic imine (C=N–C) groups is 1. The van der Waals surface area contributed by atoms with Crippen LogP contribution >= 0.6 is 11.8 Å². The fraction of sp³-hybridized carbons (Fsp3) is 0.333.